The van der Waals surface area contributed by atoms with Crippen molar-refractivity contribution in [1.82, 2.24) is 9.97 Å². The Bertz CT molecular complexity index is 470. The van der Waals surface area contributed by atoms with Gasteiger partial charge in [0.2, 0.25) is 0 Å². The lowest BCUT2D eigenvalue weighted by Crippen LogP contribution is -2.06. The lowest BCUT2D eigenvalue weighted by atomic mass is 10.3. The number of nitrogens with one attached hydrogen (secondary N) is 1. The van der Waals surface area contributed by atoms with Crippen molar-refractivity contribution >= 4 is 17.2 Å². The van der Waals surface area contributed by atoms with Crippen molar-refractivity contribution in [2.45, 2.75) is 6.42 Å². The van der Waals surface area contributed by atoms with Crippen molar-refractivity contribution in [3.63, 3.8) is 0 Å². The van der Waals surface area contributed by atoms with E-state index in [1.165, 1.54) is 0 Å². The summed E-state index contributed by atoms with van der Waals surface area (Å²) in [5, 5.41) is 13.8. The van der Waals surface area contributed by atoms with Crippen LogP contribution in [-0.2, 0) is 6.42 Å². The Hall–Kier alpha value is -1.93. The van der Waals surface area contributed by atoms with E-state index in [-0.39, 0.29) is 0 Å². The molecular formula is C11H10N4S. The fourth-order valence-electron chi connectivity index (χ4n) is 1.24. The average molecular weight is 230 g/mol. The molecule has 0 spiro atoms. The van der Waals surface area contributed by atoms with E-state index in [0.29, 0.717) is 5.56 Å². The minimum atomic E-state index is 0.574. The van der Waals surface area contributed by atoms with E-state index in [9.17, 15) is 0 Å². The highest BCUT2D eigenvalue weighted by atomic mass is 32.1. The summed E-state index contributed by atoms with van der Waals surface area (Å²) >= 11 is 1.60. The zero-order valence-electron chi connectivity index (χ0n) is 8.55. The number of anilines is 1. The van der Waals surface area contributed by atoms with Crippen LogP contribution in [0.25, 0.3) is 0 Å². The van der Waals surface area contributed by atoms with Gasteiger partial charge in [-0.05, 0) is 12.1 Å². The van der Waals surface area contributed by atoms with Crippen molar-refractivity contribution < 1.29 is 0 Å². The Morgan fingerprint density at radius 3 is 2.94 bits per heavy atom. The second-order valence-corrected chi connectivity index (χ2v) is 3.92. The molecule has 16 heavy (non-hydrogen) atoms. The normalized spacial score (nSPS) is 9.69. The largest absolute Gasteiger partial charge is 0.370 e. The molecule has 0 aliphatic rings. The molecule has 2 rings (SSSR count). The number of rotatable bonds is 4. The van der Waals surface area contributed by atoms with Gasteiger partial charge in [-0.1, -0.05) is 0 Å². The van der Waals surface area contributed by atoms with Crippen LogP contribution in [0.4, 0.5) is 5.82 Å². The van der Waals surface area contributed by atoms with E-state index < -0.39 is 0 Å². The highest BCUT2D eigenvalue weighted by Crippen LogP contribution is 2.05. The molecule has 2 heterocycles. The van der Waals surface area contributed by atoms with E-state index in [1.54, 1.807) is 29.7 Å². The first-order chi connectivity index (χ1) is 7.88. The van der Waals surface area contributed by atoms with Gasteiger partial charge in [-0.2, -0.15) is 5.26 Å². The molecule has 1 N–H and O–H groups in total. The van der Waals surface area contributed by atoms with Crippen LogP contribution < -0.4 is 5.32 Å². The second-order valence-electron chi connectivity index (χ2n) is 3.20. The Labute approximate surface area is 97.6 Å². The molecule has 0 aliphatic carbocycles. The summed E-state index contributed by atoms with van der Waals surface area (Å²) in [6.45, 7) is 0.794. The maximum atomic E-state index is 8.61. The highest BCUT2D eigenvalue weighted by Gasteiger charge is 1.96. The van der Waals surface area contributed by atoms with Gasteiger partial charge in [-0.3, -0.25) is 0 Å². The molecule has 0 saturated carbocycles. The minimum absolute atomic E-state index is 0.574. The summed E-state index contributed by atoms with van der Waals surface area (Å²) in [7, 11) is 0. The first-order valence-electron chi connectivity index (χ1n) is 4.85. The van der Waals surface area contributed by atoms with E-state index in [1.807, 2.05) is 17.0 Å². The molecule has 0 aliphatic heterocycles. The molecule has 0 atom stereocenters. The lowest BCUT2D eigenvalue weighted by Gasteiger charge is -2.03. The van der Waals surface area contributed by atoms with E-state index in [2.05, 4.69) is 15.3 Å². The molecule has 80 valence electrons. The van der Waals surface area contributed by atoms with Crippen LogP contribution in [0.15, 0.2) is 29.2 Å². The fraction of sp³-hybridized carbons (Fsp3) is 0.182. The number of nitrogens with zero attached hydrogens (tertiary/aromatic N) is 3. The molecule has 0 aromatic carbocycles. The summed E-state index contributed by atoms with van der Waals surface area (Å²) < 4.78 is 0. The third kappa shape index (κ3) is 2.78. The van der Waals surface area contributed by atoms with Crippen molar-refractivity contribution in [1.29, 1.82) is 5.26 Å². The maximum absolute atomic E-state index is 8.61. The molecule has 4 nitrogen and oxygen atoms in total. The van der Waals surface area contributed by atoms with Gasteiger partial charge < -0.3 is 5.32 Å². The van der Waals surface area contributed by atoms with Gasteiger partial charge >= 0.3 is 0 Å². The Kier molecular flexibility index (Phi) is 3.46. The molecule has 5 heteroatoms. The fourth-order valence-corrected chi connectivity index (χ4v) is 1.84. The molecule has 0 fully saturated rings. The van der Waals surface area contributed by atoms with Crippen molar-refractivity contribution in [3.05, 3.63) is 40.5 Å². The van der Waals surface area contributed by atoms with Crippen LogP contribution in [0.1, 0.15) is 11.3 Å². The SMILES string of the molecule is N#Cc1ccc(NCCc2cscn2)nc1. The van der Waals surface area contributed by atoms with E-state index >= 15 is 0 Å². The first-order valence-corrected chi connectivity index (χ1v) is 5.80. The van der Waals surface area contributed by atoms with Crippen LogP contribution in [0, 0.1) is 11.3 Å². The quantitative estimate of drug-likeness (QED) is 0.873. The smallest absolute Gasteiger partial charge is 0.125 e. The van der Waals surface area contributed by atoms with Gasteiger partial charge in [0.25, 0.3) is 0 Å². The van der Waals surface area contributed by atoms with Crippen LogP contribution in [0.5, 0.6) is 0 Å². The van der Waals surface area contributed by atoms with E-state index in [4.69, 9.17) is 5.26 Å². The predicted octanol–water partition coefficient (Wildman–Crippen LogP) is 2.06. The van der Waals surface area contributed by atoms with Crippen molar-refractivity contribution in [2.75, 3.05) is 11.9 Å². The number of aromatic nitrogens is 2. The molecule has 0 radical (unpaired) electrons. The average Bonchev–Trinajstić information content (AvgIpc) is 2.83. The zero-order valence-corrected chi connectivity index (χ0v) is 9.37. The molecule has 0 unspecified atom stereocenters. The summed E-state index contributed by atoms with van der Waals surface area (Å²) in [5.41, 5.74) is 3.49. The molecule has 0 saturated heterocycles. The number of hydrogen-bond donors (Lipinski definition) is 1. The Morgan fingerprint density at radius 2 is 2.31 bits per heavy atom. The Balaban J connectivity index is 1.83. The third-order valence-corrected chi connectivity index (χ3v) is 2.70. The van der Waals surface area contributed by atoms with Gasteiger partial charge in [0.15, 0.2) is 0 Å². The van der Waals surface area contributed by atoms with Crippen LogP contribution in [0.2, 0.25) is 0 Å². The van der Waals surface area contributed by atoms with Crippen LogP contribution in [-0.4, -0.2) is 16.5 Å². The summed E-state index contributed by atoms with van der Waals surface area (Å²) in [4.78, 5) is 8.31. The summed E-state index contributed by atoms with van der Waals surface area (Å²) in [6, 6.07) is 5.59. The number of hydrogen-bond acceptors (Lipinski definition) is 5. The zero-order chi connectivity index (χ0) is 11.2. The van der Waals surface area contributed by atoms with Crippen LogP contribution >= 0.6 is 11.3 Å². The lowest BCUT2D eigenvalue weighted by molar-refractivity contribution is 0.968. The maximum Gasteiger partial charge on any atom is 0.125 e. The third-order valence-electron chi connectivity index (χ3n) is 2.06. The van der Waals surface area contributed by atoms with Crippen molar-refractivity contribution in [2.24, 2.45) is 0 Å². The number of nitriles is 1. The van der Waals surface area contributed by atoms with Gasteiger partial charge in [0.1, 0.15) is 11.9 Å². The highest BCUT2D eigenvalue weighted by molar-refractivity contribution is 7.07. The molecule has 2 aromatic heterocycles. The van der Waals surface area contributed by atoms with Gasteiger partial charge in [-0.25, -0.2) is 9.97 Å². The van der Waals surface area contributed by atoms with E-state index in [0.717, 1.165) is 24.5 Å². The topological polar surface area (TPSA) is 61.6 Å². The minimum Gasteiger partial charge on any atom is -0.370 e. The monoisotopic (exact) mass is 230 g/mol. The van der Waals surface area contributed by atoms with Gasteiger partial charge in [-0.15, -0.1) is 11.3 Å². The van der Waals surface area contributed by atoms with Gasteiger partial charge in [0, 0.05) is 24.5 Å². The molecule has 0 bridgehead atoms. The number of pyridine rings is 1. The van der Waals surface area contributed by atoms with Crippen molar-refractivity contribution in [3.8, 4) is 6.07 Å². The summed E-state index contributed by atoms with van der Waals surface area (Å²) in [5.74, 6) is 0.786. The summed E-state index contributed by atoms with van der Waals surface area (Å²) in [6.07, 6.45) is 2.44. The van der Waals surface area contributed by atoms with Gasteiger partial charge in [0.05, 0.1) is 16.8 Å². The standard InChI is InChI=1S/C11H10N4S/c12-5-9-1-2-11(14-6-9)13-4-3-10-7-16-8-15-10/h1-2,6-8H,3-4H2,(H,13,14). The van der Waals surface area contributed by atoms with Crippen LogP contribution in [0.3, 0.4) is 0 Å². The second kappa shape index (κ2) is 5.24. The molecule has 0 amide bonds. The first kappa shape index (κ1) is 10.6. The Morgan fingerprint density at radius 1 is 1.38 bits per heavy atom. The molecular weight excluding hydrogens is 220 g/mol. The molecule has 2 aromatic rings. The number of thiazole rings is 1. The predicted molar refractivity (Wildman–Crippen MR) is 63.3 cm³/mol.